The molecule has 0 N–H and O–H groups in total. The van der Waals surface area contributed by atoms with E-state index in [2.05, 4.69) is 19.0 Å². The van der Waals surface area contributed by atoms with Crippen LogP contribution in [0.3, 0.4) is 0 Å². The van der Waals surface area contributed by atoms with E-state index in [4.69, 9.17) is 0 Å². The molecule has 1 aliphatic rings. The number of likely N-dealkylation sites (tertiary alicyclic amines) is 1. The molecule has 0 aromatic rings. The normalized spacial score (nSPS) is 23.3. The van der Waals surface area contributed by atoms with Crippen molar-refractivity contribution in [3.8, 4) is 0 Å². The van der Waals surface area contributed by atoms with Gasteiger partial charge < -0.3 is 9.80 Å². The molecule has 1 aliphatic heterocycles. The smallest absolute Gasteiger partial charge is 0.228 e. The summed E-state index contributed by atoms with van der Waals surface area (Å²) in [5.74, 6) is 0.279. The van der Waals surface area contributed by atoms with Gasteiger partial charge in [-0.2, -0.15) is 0 Å². The lowest BCUT2D eigenvalue weighted by Gasteiger charge is -2.26. The first kappa shape index (κ1) is 11.5. The summed E-state index contributed by atoms with van der Waals surface area (Å²) in [5.41, 5.74) is -0.235. The highest BCUT2D eigenvalue weighted by Gasteiger charge is 2.33. The summed E-state index contributed by atoms with van der Waals surface area (Å²) < 4.78 is 0. The molecule has 14 heavy (non-hydrogen) atoms. The molecule has 0 bridgehead atoms. The Kier molecular flexibility index (Phi) is 3.20. The van der Waals surface area contributed by atoms with Gasteiger partial charge in [0, 0.05) is 24.5 Å². The number of carbonyl (C=O) groups excluding carboxylic acids is 1. The number of amides is 1. The van der Waals surface area contributed by atoms with Crippen LogP contribution >= 0.6 is 0 Å². The van der Waals surface area contributed by atoms with Crippen LogP contribution in [0, 0.1) is 5.41 Å². The topological polar surface area (TPSA) is 23.6 Å². The molecule has 1 rings (SSSR count). The highest BCUT2D eigenvalue weighted by Crippen LogP contribution is 2.22. The average molecular weight is 198 g/mol. The van der Waals surface area contributed by atoms with E-state index in [1.54, 1.807) is 0 Å². The van der Waals surface area contributed by atoms with Gasteiger partial charge >= 0.3 is 0 Å². The van der Waals surface area contributed by atoms with Crippen LogP contribution in [0.25, 0.3) is 0 Å². The highest BCUT2D eigenvalue weighted by atomic mass is 16.2. The fourth-order valence-electron chi connectivity index (χ4n) is 1.82. The monoisotopic (exact) mass is 198 g/mol. The Hall–Kier alpha value is -0.570. The van der Waals surface area contributed by atoms with Crippen LogP contribution in [-0.4, -0.2) is 48.9 Å². The summed E-state index contributed by atoms with van der Waals surface area (Å²) in [6.07, 6.45) is 1.11. The van der Waals surface area contributed by atoms with Gasteiger partial charge in [0.2, 0.25) is 5.91 Å². The number of carbonyl (C=O) groups is 1. The molecular formula is C11H22N2O. The standard InChI is InChI=1S/C11H22N2O/c1-11(2,3)10(14)13-7-6-9(8-13)12(4)5/h9H,6-8H2,1-5H3/t9-/m1/s1. The van der Waals surface area contributed by atoms with Gasteiger partial charge in [0.15, 0.2) is 0 Å². The Balaban J connectivity index is 2.54. The maximum absolute atomic E-state index is 11.9. The van der Waals surface area contributed by atoms with Gasteiger partial charge in [-0.25, -0.2) is 0 Å². The predicted molar refractivity (Wildman–Crippen MR) is 58.1 cm³/mol. The van der Waals surface area contributed by atoms with Crippen molar-refractivity contribution in [2.24, 2.45) is 5.41 Å². The molecule has 0 aromatic heterocycles. The van der Waals surface area contributed by atoms with E-state index in [9.17, 15) is 4.79 Å². The largest absolute Gasteiger partial charge is 0.341 e. The fraction of sp³-hybridized carbons (Fsp3) is 0.909. The number of hydrogen-bond acceptors (Lipinski definition) is 2. The van der Waals surface area contributed by atoms with Crippen molar-refractivity contribution in [1.29, 1.82) is 0 Å². The summed E-state index contributed by atoms with van der Waals surface area (Å²) in [6.45, 7) is 7.76. The second-order valence-corrected chi connectivity index (χ2v) is 5.41. The van der Waals surface area contributed by atoms with E-state index in [0.717, 1.165) is 19.5 Å². The highest BCUT2D eigenvalue weighted by molar-refractivity contribution is 5.81. The fourth-order valence-corrected chi connectivity index (χ4v) is 1.82. The molecule has 82 valence electrons. The third kappa shape index (κ3) is 2.47. The first-order valence-corrected chi connectivity index (χ1v) is 5.28. The van der Waals surface area contributed by atoms with Crippen molar-refractivity contribution in [3.63, 3.8) is 0 Å². The first-order valence-electron chi connectivity index (χ1n) is 5.28. The summed E-state index contributed by atoms with van der Waals surface area (Å²) in [7, 11) is 4.16. The molecule has 1 atom stereocenters. The Bertz CT molecular complexity index is 218. The molecular weight excluding hydrogens is 176 g/mol. The number of hydrogen-bond donors (Lipinski definition) is 0. The Morgan fingerprint density at radius 1 is 1.36 bits per heavy atom. The molecule has 3 heteroatoms. The van der Waals surface area contributed by atoms with Gasteiger partial charge in [0.05, 0.1) is 0 Å². The Morgan fingerprint density at radius 3 is 2.29 bits per heavy atom. The first-order chi connectivity index (χ1) is 6.32. The molecule has 0 spiro atoms. The third-order valence-corrected chi connectivity index (χ3v) is 2.82. The van der Waals surface area contributed by atoms with Crippen molar-refractivity contribution in [2.75, 3.05) is 27.2 Å². The van der Waals surface area contributed by atoms with Crippen LogP contribution < -0.4 is 0 Å². The van der Waals surface area contributed by atoms with Gasteiger partial charge in [-0.05, 0) is 20.5 Å². The quantitative estimate of drug-likeness (QED) is 0.632. The molecule has 1 saturated heterocycles. The third-order valence-electron chi connectivity index (χ3n) is 2.82. The van der Waals surface area contributed by atoms with Gasteiger partial charge in [-0.3, -0.25) is 4.79 Å². The molecule has 1 fully saturated rings. The molecule has 3 nitrogen and oxygen atoms in total. The molecule has 1 heterocycles. The number of likely N-dealkylation sites (N-methyl/N-ethyl adjacent to an activating group) is 1. The van der Waals surface area contributed by atoms with Crippen molar-refractivity contribution in [3.05, 3.63) is 0 Å². The summed E-state index contributed by atoms with van der Waals surface area (Å²) in [5, 5.41) is 0. The van der Waals surface area contributed by atoms with E-state index in [1.807, 2.05) is 25.7 Å². The molecule has 1 amide bonds. The van der Waals surface area contributed by atoms with E-state index in [-0.39, 0.29) is 11.3 Å². The van der Waals surface area contributed by atoms with Crippen molar-refractivity contribution < 1.29 is 4.79 Å². The van der Waals surface area contributed by atoms with Gasteiger partial charge in [-0.1, -0.05) is 20.8 Å². The molecule has 0 radical (unpaired) electrons. The van der Waals surface area contributed by atoms with Crippen LogP contribution in [0.2, 0.25) is 0 Å². The zero-order chi connectivity index (χ0) is 10.9. The van der Waals surface area contributed by atoms with Gasteiger partial charge in [-0.15, -0.1) is 0 Å². The molecule has 0 aliphatic carbocycles. The molecule has 0 aromatic carbocycles. The van der Waals surface area contributed by atoms with Gasteiger partial charge in [0.1, 0.15) is 0 Å². The SMILES string of the molecule is CN(C)[C@@H]1CCN(C(=O)C(C)(C)C)C1. The lowest BCUT2D eigenvalue weighted by Crippen LogP contribution is -2.40. The van der Waals surface area contributed by atoms with Gasteiger partial charge in [0.25, 0.3) is 0 Å². The van der Waals surface area contributed by atoms with Crippen molar-refractivity contribution in [2.45, 2.75) is 33.2 Å². The number of rotatable bonds is 1. The lowest BCUT2D eigenvalue weighted by atomic mass is 9.95. The minimum atomic E-state index is -0.235. The van der Waals surface area contributed by atoms with Crippen LogP contribution in [-0.2, 0) is 4.79 Å². The zero-order valence-corrected chi connectivity index (χ0v) is 10.0. The Morgan fingerprint density at radius 2 is 1.93 bits per heavy atom. The van der Waals surface area contributed by atoms with Crippen LogP contribution in [0.15, 0.2) is 0 Å². The van der Waals surface area contributed by atoms with E-state index in [1.165, 1.54) is 0 Å². The predicted octanol–water partition coefficient (Wildman–Crippen LogP) is 1.19. The minimum Gasteiger partial charge on any atom is -0.341 e. The number of nitrogens with zero attached hydrogens (tertiary/aromatic N) is 2. The second kappa shape index (κ2) is 3.89. The van der Waals surface area contributed by atoms with E-state index in [0.29, 0.717) is 6.04 Å². The summed E-state index contributed by atoms with van der Waals surface area (Å²) >= 11 is 0. The lowest BCUT2D eigenvalue weighted by molar-refractivity contribution is -0.138. The van der Waals surface area contributed by atoms with Crippen LogP contribution in [0.1, 0.15) is 27.2 Å². The average Bonchev–Trinajstić information content (AvgIpc) is 2.48. The van der Waals surface area contributed by atoms with E-state index >= 15 is 0 Å². The van der Waals surface area contributed by atoms with Crippen LogP contribution in [0.5, 0.6) is 0 Å². The molecule has 0 unspecified atom stereocenters. The van der Waals surface area contributed by atoms with Crippen molar-refractivity contribution >= 4 is 5.91 Å². The second-order valence-electron chi connectivity index (χ2n) is 5.41. The maximum Gasteiger partial charge on any atom is 0.228 e. The van der Waals surface area contributed by atoms with E-state index < -0.39 is 0 Å². The van der Waals surface area contributed by atoms with Crippen molar-refractivity contribution in [1.82, 2.24) is 9.80 Å². The Labute approximate surface area is 87.1 Å². The summed E-state index contributed by atoms with van der Waals surface area (Å²) in [6, 6.07) is 0.543. The van der Waals surface area contributed by atoms with Crippen LogP contribution in [0.4, 0.5) is 0 Å². The maximum atomic E-state index is 11.9. The zero-order valence-electron chi connectivity index (χ0n) is 10.0. The minimum absolute atomic E-state index is 0.235. The molecule has 0 saturated carbocycles. The summed E-state index contributed by atoms with van der Waals surface area (Å²) in [4.78, 5) is 16.1.